The molecule has 2 nitrogen and oxygen atoms in total. The Morgan fingerprint density at radius 2 is 1.46 bits per heavy atom. The van der Waals surface area contributed by atoms with E-state index in [0.29, 0.717) is 0 Å². The second kappa shape index (κ2) is 14.3. The molecule has 0 aromatic rings. The molecule has 0 radical (unpaired) electrons. The molecule has 13 heavy (non-hydrogen) atoms. The summed E-state index contributed by atoms with van der Waals surface area (Å²) in [5.74, 6) is 0. The normalized spacial score (nSPS) is 8.92. The lowest BCUT2D eigenvalue weighted by molar-refractivity contribution is 0.322. The van der Waals surface area contributed by atoms with Gasteiger partial charge in [-0.15, -0.1) is 0 Å². The van der Waals surface area contributed by atoms with Crippen LogP contribution in [0.15, 0.2) is 0 Å². The van der Waals surface area contributed by atoms with Crippen LogP contribution in [0.3, 0.4) is 0 Å². The third-order valence-electron chi connectivity index (χ3n) is 1.79. The van der Waals surface area contributed by atoms with Gasteiger partial charge in [-0.05, 0) is 33.0 Å². The fourth-order valence-electron chi connectivity index (χ4n) is 0.968. The van der Waals surface area contributed by atoms with Gasteiger partial charge in [-0.25, -0.2) is 0 Å². The summed E-state index contributed by atoms with van der Waals surface area (Å²) in [6.07, 6.45) is 5.33. The van der Waals surface area contributed by atoms with Crippen LogP contribution in [0.1, 0.15) is 39.5 Å². The van der Waals surface area contributed by atoms with Gasteiger partial charge in [0.1, 0.15) is 5.40 Å². The van der Waals surface area contributed by atoms with Crippen LogP contribution >= 0.6 is 12.6 Å². The van der Waals surface area contributed by atoms with Crippen molar-refractivity contribution < 1.29 is 0 Å². The van der Waals surface area contributed by atoms with Crippen molar-refractivity contribution >= 4 is 12.6 Å². The molecule has 0 bridgehead atoms. The second-order valence-electron chi connectivity index (χ2n) is 3.11. The number of thiocyanates is 1. The van der Waals surface area contributed by atoms with E-state index in [1.54, 1.807) is 0 Å². The summed E-state index contributed by atoms with van der Waals surface area (Å²) in [6, 6.07) is 0. The Bertz CT molecular complexity index is 113. The molecular formula is C10H22N2S. The van der Waals surface area contributed by atoms with Crippen molar-refractivity contribution in [1.82, 2.24) is 4.90 Å². The number of nitrogens with zero attached hydrogens (tertiary/aromatic N) is 2. The van der Waals surface area contributed by atoms with Crippen LogP contribution in [0.5, 0.6) is 0 Å². The summed E-state index contributed by atoms with van der Waals surface area (Å²) < 4.78 is 0. The van der Waals surface area contributed by atoms with Gasteiger partial charge in [-0.2, -0.15) is 5.26 Å². The quantitative estimate of drug-likeness (QED) is 0.529. The van der Waals surface area contributed by atoms with Gasteiger partial charge in [0.15, 0.2) is 0 Å². The number of hydrogen-bond donors (Lipinski definition) is 1. The molecular weight excluding hydrogens is 180 g/mol. The number of unbranched alkanes of at least 4 members (excludes halogenated alkanes) is 2. The molecule has 0 atom stereocenters. The zero-order valence-electron chi connectivity index (χ0n) is 9.08. The highest BCUT2D eigenvalue weighted by atomic mass is 32.1. The lowest BCUT2D eigenvalue weighted by atomic mass is 10.3. The third kappa shape index (κ3) is 18.6. The van der Waals surface area contributed by atoms with Crippen molar-refractivity contribution in [2.45, 2.75) is 39.5 Å². The van der Waals surface area contributed by atoms with E-state index in [-0.39, 0.29) is 0 Å². The first-order valence-corrected chi connectivity index (χ1v) is 5.39. The lowest BCUT2D eigenvalue weighted by Crippen LogP contribution is -2.20. The Hall–Kier alpha value is -0.200. The lowest BCUT2D eigenvalue weighted by Gasteiger charge is -2.14. The minimum atomic E-state index is 1.27. The van der Waals surface area contributed by atoms with Gasteiger partial charge in [-0.3, -0.25) is 0 Å². The maximum atomic E-state index is 7.18. The first-order valence-electron chi connectivity index (χ1n) is 4.94. The topological polar surface area (TPSA) is 27.0 Å². The van der Waals surface area contributed by atoms with Crippen LogP contribution < -0.4 is 0 Å². The molecule has 0 amide bonds. The monoisotopic (exact) mass is 202 g/mol. The minimum Gasteiger partial charge on any atom is -0.306 e. The predicted octanol–water partition coefficient (Wildman–Crippen LogP) is 2.92. The molecule has 0 rings (SSSR count). The highest BCUT2D eigenvalue weighted by Crippen LogP contribution is 1.94. The molecule has 0 N–H and O–H groups in total. The Morgan fingerprint density at radius 1 is 1.15 bits per heavy atom. The van der Waals surface area contributed by atoms with Gasteiger partial charge in [0.25, 0.3) is 0 Å². The Labute approximate surface area is 88.3 Å². The van der Waals surface area contributed by atoms with Crippen LogP contribution in [0.2, 0.25) is 0 Å². The van der Waals surface area contributed by atoms with Gasteiger partial charge in [0, 0.05) is 0 Å². The maximum Gasteiger partial charge on any atom is 0.130 e. The van der Waals surface area contributed by atoms with E-state index in [0.717, 1.165) is 0 Å². The zero-order chi connectivity index (χ0) is 10.5. The molecule has 0 spiro atoms. The maximum absolute atomic E-state index is 7.18. The standard InChI is InChI=1S/C9H21N.CHNS/c1-4-6-8-10(3)9-7-5-2;2-1-3/h4-9H2,1-3H3;3H. The van der Waals surface area contributed by atoms with Crippen LogP contribution in [0.4, 0.5) is 0 Å². The van der Waals surface area contributed by atoms with Gasteiger partial charge in [0.2, 0.25) is 0 Å². The van der Waals surface area contributed by atoms with Crippen LogP contribution in [-0.4, -0.2) is 25.0 Å². The molecule has 0 aromatic heterocycles. The van der Waals surface area contributed by atoms with E-state index >= 15 is 0 Å². The molecule has 0 heterocycles. The van der Waals surface area contributed by atoms with E-state index in [1.807, 2.05) is 0 Å². The first kappa shape index (κ1) is 15.3. The minimum absolute atomic E-state index is 1.27. The largest absolute Gasteiger partial charge is 0.306 e. The zero-order valence-corrected chi connectivity index (χ0v) is 9.98. The molecule has 3 heteroatoms. The molecule has 0 aliphatic rings. The van der Waals surface area contributed by atoms with Crippen LogP contribution in [0.25, 0.3) is 0 Å². The summed E-state index contributed by atoms with van der Waals surface area (Å²) in [6.45, 7) is 7.04. The molecule has 0 saturated heterocycles. The van der Waals surface area contributed by atoms with Crippen molar-refractivity contribution in [3.8, 4) is 5.40 Å². The number of thiol groups is 1. The summed E-state index contributed by atoms with van der Waals surface area (Å²) in [7, 11) is 2.21. The average Bonchev–Trinajstić information content (AvgIpc) is 2.12. The second-order valence-corrected chi connectivity index (χ2v) is 3.31. The molecule has 0 saturated carbocycles. The number of nitriles is 1. The third-order valence-corrected chi connectivity index (χ3v) is 1.79. The van der Waals surface area contributed by atoms with Crippen LogP contribution in [-0.2, 0) is 0 Å². The van der Waals surface area contributed by atoms with Crippen molar-refractivity contribution in [3.63, 3.8) is 0 Å². The van der Waals surface area contributed by atoms with E-state index < -0.39 is 0 Å². The summed E-state index contributed by atoms with van der Waals surface area (Å²) in [5.41, 5.74) is 0. The summed E-state index contributed by atoms with van der Waals surface area (Å²) in [5, 5.41) is 8.63. The SMILES string of the molecule is CCCCN(C)CCCC.N#CS. The van der Waals surface area contributed by atoms with Gasteiger partial charge in [0.05, 0.1) is 0 Å². The first-order chi connectivity index (χ1) is 6.22. The van der Waals surface area contributed by atoms with Crippen molar-refractivity contribution in [2.75, 3.05) is 20.1 Å². The summed E-state index contributed by atoms with van der Waals surface area (Å²) in [4.78, 5) is 2.42. The molecule has 0 fully saturated rings. The van der Waals surface area contributed by atoms with E-state index in [9.17, 15) is 0 Å². The van der Waals surface area contributed by atoms with E-state index in [2.05, 4.69) is 38.4 Å². The van der Waals surface area contributed by atoms with Gasteiger partial charge >= 0.3 is 0 Å². The average molecular weight is 202 g/mol. The van der Waals surface area contributed by atoms with Crippen molar-refractivity contribution in [1.29, 1.82) is 5.26 Å². The predicted molar refractivity (Wildman–Crippen MR) is 61.9 cm³/mol. The summed E-state index contributed by atoms with van der Waals surface area (Å²) >= 11 is 3.09. The van der Waals surface area contributed by atoms with Crippen LogP contribution in [0, 0.1) is 10.7 Å². The molecule has 78 valence electrons. The molecule has 0 aromatic carbocycles. The van der Waals surface area contributed by atoms with Crippen molar-refractivity contribution in [3.05, 3.63) is 0 Å². The fourth-order valence-corrected chi connectivity index (χ4v) is 0.968. The van der Waals surface area contributed by atoms with Gasteiger partial charge in [-0.1, -0.05) is 39.3 Å². The van der Waals surface area contributed by atoms with E-state index in [4.69, 9.17) is 5.26 Å². The highest BCUT2D eigenvalue weighted by Gasteiger charge is 1.94. The van der Waals surface area contributed by atoms with Crippen molar-refractivity contribution in [2.24, 2.45) is 0 Å². The van der Waals surface area contributed by atoms with Gasteiger partial charge < -0.3 is 4.90 Å². The van der Waals surface area contributed by atoms with E-state index in [1.165, 1.54) is 44.2 Å². The Morgan fingerprint density at radius 3 is 1.69 bits per heavy atom. The fraction of sp³-hybridized carbons (Fsp3) is 0.900. The number of rotatable bonds is 6. The molecule has 0 aliphatic heterocycles. The number of hydrogen-bond acceptors (Lipinski definition) is 3. The Balaban J connectivity index is 0. The highest BCUT2D eigenvalue weighted by molar-refractivity contribution is 7.85. The smallest absolute Gasteiger partial charge is 0.130 e. The Kier molecular flexibility index (Phi) is 16.8. The molecule has 0 unspecified atom stereocenters. The molecule has 0 aliphatic carbocycles.